The largest absolute Gasteiger partial charge is 0.417 e. The average Bonchev–Trinajstić information content (AvgIpc) is 2.08. The molecule has 0 saturated heterocycles. The molecule has 0 fully saturated rings. The van der Waals surface area contributed by atoms with Gasteiger partial charge in [-0.1, -0.05) is 78.8 Å². The van der Waals surface area contributed by atoms with E-state index in [9.17, 15) is 0 Å². The van der Waals surface area contributed by atoms with Gasteiger partial charge >= 0.3 is 0 Å². The second-order valence-electron chi connectivity index (χ2n) is 5.85. The van der Waals surface area contributed by atoms with E-state index in [0.29, 0.717) is 5.04 Å². The first-order valence-electron chi connectivity index (χ1n) is 6.09. The van der Waals surface area contributed by atoms with Crippen molar-refractivity contribution in [2.24, 2.45) is 0 Å². The molecule has 0 aromatic carbocycles. The van der Waals surface area contributed by atoms with Crippen molar-refractivity contribution in [2.45, 2.75) is 66.5 Å². The summed E-state index contributed by atoms with van der Waals surface area (Å²) in [5.41, 5.74) is 0. The van der Waals surface area contributed by atoms with Crippen LogP contribution in [0.5, 0.6) is 0 Å². The lowest BCUT2D eigenvalue weighted by Gasteiger charge is -2.36. The van der Waals surface area contributed by atoms with Crippen molar-refractivity contribution in [1.82, 2.24) is 0 Å². The number of alkyl halides is 2. The summed E-state index contributed by atoms with van der Waals surface area (Å²) in [6.07, 6.45) is 5.22. The minimum Gasteiger partial charge on any atom is -0.417 e. The zero-order chi connectivity index (χ0) is 12.8. The Balaban J connectivity index is 3.59. The molecule has 0 spiro atoms. The van der Waals surface area contributed by atoms with Gasteiger partial charge in [-0.2, -0.15) is 0 Å². The maximum absolute atomic E-state index is 6.14. The molecule has 0 heterocycles. The van der Waals surface area contributed by atoms with E-state index >= 15 is 0 Å². The molecule has 0 aliphatic rings. The topological polar surface area (TPSA) is 9.23 Å². The third-order valence-electron chi connectivity index (χ3n) is 3.34. The lowest BCUT2D eigenvalue weighted by atomic mass is 10.2. The minimum absolute atomic E-state index is 0.350. The summed E-state index contributed by atoms with van der Waals surface area (Å²) < 4.78 is 6.92. The molecule has 98 valence electrons. The van der Waals surface area contributed by atoms with Crippen LogP contribution in [0.25, 0.3) is 0 Å². The van der Waals surface area contributed by atoms with E-state index in [0.717, 1.165) is 8.54 Å². The van der Waals surface area contributed by atoms with Gasteiger partial charge in [-0.15, -0.1) is 0 Å². The molecule has 0 aliphatic heterocycles. The van der Waals surface area contributed by atoms with Gasteiger partial charge in [0.1, 0.15) is 0 Å². The van der Waals surface area contributed by atoms with Crippen LogP contribution in [-0.4, -0.2) is 16.9 Å². The molecule has 0 bridgehead atoms. The molecular formula is C12H26I2OSi. The first-order valence-corrected chi connectivity index (χ1v) is 11.5. The second kappa shape index (κ2) is 7.94. The average molecular weight is 468 g/mol. The number of halogens is 2. The molecule has 0 atom stereocenters. The summed E-state index contributed by atoms with van der Waals surface area (Å²) >= 11 is 4.98. The molecule has 0 rings (SSSR count). The van der Waals surface area contributed by atoms with Gasteiger partial charge in [0, 0.05) is 6.61 Å². The molecule has 0 N–H and O–H groups in total. The molecule has 16 heavy (non-hydrogen) atoms. The lowest BCUT2D eigenvalue weighted by Crippen LogP contribution is -2.40. The summed E-state index contributed by atoms with van der Waals surface area (Å²) in [6.45, 7) is 12.5. The van der Waals surface area contributed by atoms with Crippen LogP contribution in [-0.2, 0) is 4.43 Å². The van der Waals surface area contributed by atoms with E-state index in [4.69, 9.17) is 4.43 Å². The summed E-state index contributed by atoms with van der Waals surface area (Å²) in [7, 11) is -1.49. The molecule has 0 aromatic heterocycles. The van der Waals surface area contributed by atoms with Crippen molar-refractivity contribution in [3.63, 3.8) is 0 Å². The minimum atomic E-state index is -1.49. The maximum atomic E-state index is 6.14. The van der Waals surface area contributed by atoms with E-state index in [1.807, 2.05) is 0 Å². The SMILES string of the molecule is CC(C)(C)[Si](C)(C)OCCCCCC(I)I. The summed E-state index contributed by atoms with van der Waals surface area (Å²) in [6, 6.07) is 0. The van der Waals surface area contributed by atoms with Gasteiger partial charge in [0.05, 0.1) is 1.93 Å². The Morgan fingerprint density at radius 2 is 1.62 bits per heavy atom. The Morgan fingerprint density at radius 1 is 1.06 bits per heavy atom. The van der Waals surface area contributed by atoms with Crippen LogP contribution < -0.4 is 0 Å². The van der Waals surface area contributed by atoms with Gasteiger partial charge in [-0.25, -0.2) is 0 Å². The Hall–Kier alpha value is 1.64. The van der Waals surface area contributed by atoms with Crippen molar-refractivity contribution >= 4 is 53.5 Å². The molecule has 0 aromatic rings. The van der Waals surface area contributed by atoms with Crippen molar-refractivity contribution in [3.8, 4) is 0 Å². The molecule has 4 heteroatoms. The first-order chi connectivity index (χ1) is 7.17. The molecule has 0 unspecified atom stereocenters. The van der Waals surface area contributed by atoms with Gasteiger partial charge in [-0.3, -0.25) is 0 Å². The zero-order valence-corrected chi connectivity index (χ0v) is 16.6. The van der Waals surface area contributed by atoms with Gasteiger partial charge < -0.3 is 4.43 Å². The predicted octanol–water partition coefficient (Wildman–Crippen LogP) is 5.76. The van der Waals surface area contributed by atoms with Gasteiger partial charge in [-0.05, 0) is 31.0 Å². The standard InChI is InChI=1S/C12H26I2OSi/c1-12(2,3)16(4,5)15-10-8-6-7-9-11(13)14/h11H,6-10H2,1-5H3. The highest BCUT2D eigenvalue weighted by atomic mass is 127. The summed E-state index contributed by atoms with van der Waals surface area (Å²) in [5, 5.41) is 0.350. The third kappa shape index (κ3) is 7.87. The fourth-order valence-corrected chi connectivity index (χ4v) is 3.09. The van der Waals surface area contributed by atoms with Crippen LogP contribution in [0.2, 0.25) is 18.1 Å². The van der Waals surface area contributed by atoms with Gasteiger partial charge in [0.2, 0.25) is 0 Å². The molecule has 0 radical (unpaired) electrons. The number of rotatable bonds is 7. The Bertz CT molecular complexity index is 188. The predicted molar refractivity (Wildman–Crippen MR) is 93.4 cm³/mol. The molecule has 0 amide bonds. The monoisotopic (exact) mass is 468 g/mol. The van der Waals surface area contributed by atoms with E-state index in [1.54, 1.807) is 0 Å². The fourth-order valence-electron chi connectivity index (χ4n) is 1.12. The van der Waals surface area contributed by atoms with E-state index < -0.39 is 8.32 Å². The fraction of sp³-hybridized carbons (Fsp3) is 1.00. The Morgan fingerprint density at radius 3 is 2.06 bits per heavy atom. The first kappa shape index (κ1) is 17.6. The molecule has 0 aliphatic carbocycles. The van der Waals surface area contributed by atoms with Gasteiger partial charge in [0.25, 0.3) is 0 Å². The lowest BCUT2D eigenvalue weighted by molar-refractivity contribution is 0.278. The summed E-state index contributed by atoms with van der Waals surface area (Å²) in [4.78, 5) is 0. The second-order valence-corrected chi connectivity index (χ2v) is 16.0. The normalized spacial score (nSPS) is 13.5. The van der Waals surface area contributed by atoms with Crippen molar-refractivity contribution < 1.29 is 4.43 Å². The quantitative estimate of drug-likeness (QED) is 0.200. The van der Waals surface area contributed by atoms with Crippen molar-refractivity contribution in [3.05, 3.63) is 0 Å². The number of hydrogen-bond donors (Lipinski definition) is 0. The van der Waals surface area contributed by atoms with Crippen LogP contribution in [0, 0.1) is 0 Å². The van der Waals surface area contributed by atoms with Crippen LogP contribution in [0.3, 0.4) is 0 Å². The number of unbranched alkanes of at least 4 members (excludes halogenated alkanes) is 2. The van der Waals surface area contributed by atoms with E-state index in [-0.39, 0.29) is 0 Å². The van der Waals surface area contributed by atoms with Crippen LogP contribution >= 0.6 is 45.2 Å². The highest BCUT2D eigenvalue weighted by Crippen LogP contribution is 2.36. The van der Waals surface area contributed by atoms with Gasteiger partial charge in [0.15, 0.2) is 8.32 Å². The smallest absolute Gasteiger partial charge is 0.191 e. The molecular weight excluding hydrogens is 442 g/mol. The van der Waals surface area contributed by atoms with Crippen molar-refractivity contribution in [1.29, 1.82) is 0 Å². The highest BCUT2D eigenvalue weighted by molar-refractivity contribution is 14.2. The third-order valence-corrected chi connectivity index (χ3v) is 9.12. The van der Waals surface area contributed by atoms with Crippen LogP contribution in [0.15, 0.2) is 0 Å². The highest BCUT2D eigenvalue weighted by Gasteiger charge is 2.36. The molecule has 1 nitrogen and oxygen atoms in total. The maximum Gasteiger partial charge on any atom is 0.191 e. The number of hydrogen-bond acceptors (Lipinski definition) is 1. The van der Waals surface area contributed by atoms with Crippen molar-refractivity contribution in [2.75, 3.05) is 6.61 Å². The van der Waals surface area contributed by atoms with Crippen LogP contribution in [0.1, 0.15) is 46.5 Å². The van der Waals surface area contributed by atoms with E-state index in [2.05, 4.69) is 79.0 Å². The summed E-state index contributed by atoms with van der Waals surface area (Å²) in [5.74, 6) is 0. The van der Waals surface area contributed by atoms with E-state index in [1.165, 1.54) is 25.7 Å². The Kier molecular flexibility index (Phi) is 8.75. The zero-order valence-electron chi connectivity index (χ0n) is 11.3. The molecule has 0 saturated carbocycles. The Labute approximate surface area is 130 Å². The van der Waals surface area contributed by atoms with Crippen LogP contribution in [0.4, 0.5) is 0 Å².